The zero-order chi connectivity index (χ0) is 14.8. The number of nitrogens with zero attached hydrogens (tertiary/aromatic N) is 1. The molecule has 2 aromatic rings. The van der Waals surface area contributed by atoms with E-state index in [2.05, 4.69) is 21.2 Å². The number of hydrogen-bond acceptors (Lipinski definition) is 4. The maximum absolute atomic E-state index is 12.2. The summed E-state index contributed by atoms with van der Waals surface area (Å²) in [5.74, 6) is 0.846. The number of nitrogens with one attached hydrogen (secondary N) is 1. The standard InChI is InChI=1S/C15H9BrN2O3/c16-11-2-3-12(10(5-11)7-17)18-15(19)9-1-4-13-14(6-9)21-8-20-13/h1-6H,8H2,(H,18,19). The zero-order valence-corrected chi connectivity index (χ0v) is 12.3. The van der Waals surface area contributed by atoms with E-state index >= 15 is 0 Å². The van der Waals surface area contributed by atoms with E-state index in [1.54, 1.807) is 36.4 Å². The smallest absolute Gasteiger partial charge is 0.255 e. The molecule has 1 N–H and O–H groups in total. The number of hydrogen-bond donors (Lipinski definition) is 1. The Balaban J connectivity index is 1.85. The molecule has 104 valence electrons. The Kier molecular flexibility index (Phi) is 3.50. The van der Waals surface area contributed by atoms with Gasteiger partial charge in [0.05, 0.1) is 11.3 Å². The Bertz CT molecular complexity index is 768. The van der Waals surface area contributed by atoms with E-state index in [1.807, 2.05) is 6.07 Å². The van der Waals surface area contributed by atoms with Crippen LogP contribution in [0.5, 0.6) is 11.5 Å². The number of carbonyl (C=O) groups is 1. The van der Waals surface area contributed by atoms with Crippen LogP contribution < -0.4 is 14.8 Å². The first-order chi connectivity index (χ1) is 10.2. The normalized spacial score (nSPS) is 11.8. The molecule has 6 heteroatoms. The second kappa shape index (κ2) is 5.46. The molecule has 0 saturated carbocycles. The molecule has 3 rings (SSSR count). The van der Waals surface area contributed by atoms with E-state index in [9.17, 15) is 4.79 Å². The van der Waals surface area contributed by atoms with Gasteiger partial charge in [-0.3, -0.25) is 4.79 Å². The molecule has 1 heterocycles. The molecule has 0 aliphatic carbocycles. The van der Waals surface area contributed by atoms with Crippen molar-refractivity contribution in [3.8, 4) is 17.6 Å². The molecule has 1 aliphatic rings. The van der Waals surface area contributed by atoms with Gasteiger partial charge in [-0.2, -0.15) is 5.26 Å². The van der Waals surface area contributed by atoms with Crippen LogP contribution in [0.2, 0.25) is 0 Å². The second-order valence-electron chi connectivity index (χ2n) is 4.32. The average molecular weight is 345 g/mol. The molecular weight excluding hydrogens is 336 g/mol. The molecule has 0 aromatic heterocycles. The third-order valence-corrected chi connectivity index (χ3v) is 3.48. The lowest BCUT2D eigenvalue weighted by Crippen LogP contribution is -2.12. The Labute approximate surface area is 129 Å². The van der Waals surface area contributed by atoms with Gasteiger partial charge in [-0.15, -0.1) is 0 Å². The predicted octanol–water partition coefficient (Wildman–Crippen LogP) is 3.30. The van der Waals surface area contributed by atoms with Gasteiger partial charge >= 0.3 is 0 Å². The van der Waals surface area contributed by atoms with Gasteiger partial charge in [-0.05, 0) is 36.4 Å². The molecule has 0 radical (unpaired) electrons. The van der Waals surface area contributed by atoms with Crippen molar-refractivity contribution in [3.05, 3.63) is 52.0 Å². The quantitative estimate of drug-likeness (QED) is 0.907. The van der Waals surface area contributed by atoms with Crippen LogP contribution in [0, 0.1) is 11.3 Å². The minimum absolute atomic E-state index is 0.158. The monoisotopic (exact) mass is 344 g/mol. The Hall–Kier alpha value is -2.52. The minimum Gasteiger partial charge on any atom is -0.454 e. The number of amides is 1. The van der Waals surface area contributed by atoms with Crippen LogP contribution in [0.15, 0.2) is 40.9 Å². The van der Waals surface area contributed by atoms with E-state index in [4.69, 9.17) is 14.7 Å². The molecule has 2 aromatic carbocycles. The molecule has 0 unspecified atom stereocenters. The lowest BCUT2D eigenvalue weighted by atomic mass is 10.1. The van der Waals surface area contributed by atoms with Crippen LogP contribution in [0.1, 0.15) is 15.9 Å². The number of rotatable bonds is 2. The highest BCUT2D eigenvalue weighted by Crippen LogP contribution is 2.32. The molecular formula is C15H9BrN2O3. The van der Waals surface area contributed by atoms with Crippen molar-refractivity contribution in [2.24, 2.45) is 0 Å². The molecule has 0 spiro atoms. The highest BCUT2D eigenvalue weighted by molar-refractivity contribution is 9.10. The van der Waals surface area contributed by atoms with Crippen LogP contribution in [-0.4, -0.2) is 12.7 Å². The topological polar surface area (TPSA) is 71.4 Å². The fraction of sp³-hybridized carbons (Fsp3) is 0.0667. The van der Waals surface area contributed by atoms with Gasteiger partial charge in [0, 0.05) is 10.0 Å². The third-order valence-electron chi connectivity index (χ3n) is 2.99. The summed E-state index contributed by atoms with van der Waals surface area (Å²) in [6.45, 7) is 0.158. The molecule has 0 atom stereocenters. The lowest BCUT2D eigenvalue weighted by Gasteiger charge is -2.08. The van der Waals surface area contributed by atoms with Gasteiger partial charge in [0.25, 0.3) is 5.91 Å². The fourth-order valence-electron chi connectivity index (χ4n) is 1.95. The van der Waals surface area contributed by atoms with Gasteiger partial charge < -0.3 is 14.8 Å². The minimum atomic E-state index is -0.313. The van der Waals surface area contributed by atoms with Crippen molar-refractivity contribution in [2.75, 3.05) is 12.1 Å². The number of halogens is 1. The molecule has 0 fully saturated rings. The SMILES string of the molecule is N#Cc1cc(Br)ccc1NC(=O)c1ccc2c(c1)OCO2. The number of ether oxygens (including phenoxy) is 2. The van der Waals surface area contributed by atoms with Crippen LogP contribution in [-0.2, 0) is 0 Å². The summed E-state index contributed by atoms with van der Waals surface area (Å²) in [4.78, 5) is 12.2. The van der Waals surface area contributed by atoms with Crippen LogP contribution in [0.25, 0.3) is 0 Å². The Morgan fingerprint density at radius 3 is 2.81 bits per heavy atom. The highest BCUT2D eigenvalue weighted by atomic mass is 79.9. The number of benzene rings is 2. The highest BCUT2D eigenvalue weighted by Gasteiger charge is 2.17. The van der Waals surface area contributed by atoms with E-state index in [0.29, 0.717) is 28.3 Å². The molecule has 21 heavy (non-hydrogen) atoms. The summed E-state index contributed by atoms with van der Waals surface area (Å²) in [7, 11) is 0. The van der Waals surface area contributed by atoms with Crippen LogP contribution >= 0.6 is 15.9 Å². The number of nitriles is 1. The van der Waals surface area contributed by atoms with Gasteiger partial charge in [0.15, 0.2) is 11.5 Å². The fourth-order valence-corrected chi connectivity index (χ4v) is 2.31. The van der Waals surface area contributed by atoms with Gasteiger partial charge in [-0.1, -0.05) is 15.9 Å². The molecule has 0 saturated heterocycles. The average Bonchev–Trinajstić information content (AvgIpc) is 2.96. The third kappa shape index (κ3) is 2.69. The van der Waals surface area contributed by atoms with Crippen molar-refractivity contribution in [2.45, 2.75) is 0 Å². The van der Waals surface area contributed by atoms with Crippen molar-refractivity contribution < 1.29 is 14.3 Å². The van der Waals surface area contributed by atoms with E-state index in [1.165, 1.54) is 0 Å². The van der Waals surface area contributed by atoms with Crippen molar-refractivity contribution in [1.29, 1.82) is 5.26 Å². The summed E-state index contributed by atoms with van der Waals surface area (Å²) >= 11 is 3.29. The predicted molar refractivity (Wildman–Crippen MR) is 79.4 cm³/mol. The maximum atomic E-state index is 12.2. The van der Waals surface area contributed by atoms with Crippen LogP contribution in [0.3, 0.4) is 0 Å². The first kappa shape index (κ1) is 13.5. The van der Waals surface area contributed by atoms with Crippen molar-refractivity contribution in [1.82, 2.24) is 0 Å². The lowest BCUT2D eigenvalue weighted by molar-refractivity contribution is 0.102. The molecule has 5 nitrogen and oxygen atoms in total. The van der Waals surface area contributed by atoms with Crippen molar-refractivity contribution >= 4 is 27.5 Å². The maximum Gasteiger partial charge on any atom is 0.255 e. The van der Waals surface area contributed by atoms with Gasteiger partial charge in [-0.25, -0.2) is 0 Å². The summed E-state index contributed by atoms with van der Waals surface area (Å²) in [6.07, 6.45) is 0. The van der Waals surface area contributed by atoms with E-state index in [-0.39, 0.29) is 12.7 Å². The molecule has 1 aliphatic heterocycles. The van der Waals surface area contributed by atoms with E-state index in [0.717, 1.165) is 4.47 Å². The largest absolute Gasteiger partial charge is 0.454 e. The van der Waals surface area contributed by atoms with Gasteiger partial charge in [0.2, 0.25) is 6.79 Å². The molecule has 1 amide bonds. The first-order valence-electron chi connectivity index (χ1n) is 6.08. The van der Waals surface area contributed by atoms with E-state index < -0.39 is 0 Å². The Morgan fingerprint density at radius 1 is 1.19 bits per heavy atom. The second-order valence-corrected chi connectivity index (χ2v) is 5.24. The number of carbonyl (C=O) groups excluding carboxylic acids is 1. The Morgan fingerprint density at radius 2 is 2.00 bits per heavy atom. The first-order valence-corrected chi connectivity index (χ1v) is 6.87. The summed E-state index contributed by atoms with van der Waals surface area (Å²) < 4.78 is 11.2. The summed E-state index contributed by atoms with van der Waals surface area (Å²) in [5, 5.41) is 11.8. The van der Waals surface area contributed by atoms with Crippen molar-refractivity contribution in [3.63, 3.8) is 0 Å². The summed E-state index contributed by atoms with van der Waals surface area (Å²) in [5.41, 5.74) is 1.29. The number of anilines is 1. The zero-order valence-electron chi connectivity index (χ0n) is 10.7. The van der Waals surface area contributed by atoms with Gasteiger partial charge in [0.1, 0.15) is 6.07 Å². The summed E-state index contributed by atoms with van der Waals surface area (Å²) in [6, 6.07) is 12.1. The number of fused-ring (bicyclic) bond motifs is 1. The molecule has 0 bridgehead atoms. The van der Waals surface area contributed by atoms with Crippen LogP contribution in [0.4, 0.5) is 5.69 Å².